The molecule has 0 bridgehead atoms. The van der Waals surface area contributed by atoms with Gasteiger partial charge in [0.15, 0.2) is 0 Å². The lowest BCUT2D eigenvalue weighted by Crippen LogP contribution is -2.61. The minimum atomic E-state index is -1.43. The van der Waals surface area contributed by atoms with Crippen molar-refractivity contribution in [3.8, 4) is 0 Å². The van der Waals surface area contributed by atoms with Crippen LogP contribution in [0.1, 0.15) is 33.1 Å². The number of hydrogen-bond donors (Lipinski definition) is 3. The van der Waals surface area contributed by atoms with Crippen LogP contribution in [0.3, 0.4) is 0 Å². The van der Waals surface area contributed by atoms with Crippen LogP contribution >= 0.6 is 0 Å². The quantitative estimate of drug-likeness (QED) is 0.531. The Kier molecular flexibility index (Phi) is 4.16. The first-order chi connectivity index (χ1) is 10.9. The molecule has 2 fully saturated rings. The third kappa shape index (κ3) is 2.74. The van der Waals surface area contributed by atoms with Crippen LogP contribution in [0.15, 0.2) is 23.1 Å². The fourth-order valence-electron chi connectivity index (χ4n) is 3.78. The maximum Gasteiger partial charge on any atom is 0.512 e. The molecule has 126 valence electrons. The highest BCUT2D eigenvalue weighted by Crippen LogP contribution is 2.46. The normalized spacial score (nSPS) is 32.0. The molecule has 3 aliphatic rings. The minimum absolute atomic E-state index is 0.108. The third-order valence-corrected chi connectivity index (χ3v) is 4.89. The second kappa shape index (κ2) is 5.98. The summed E-state index contributed by atoms with van der Waals surface area (Å²) < 4.78 is 4.90. The van der Waals surface area contributed by atoms with E-state index in [1.165, 1.54) is 4.90 Å². The molecular weight excluding hydrogens is 300 g/mol. The molecule has 0 radical (unpaired) electrons. The molecule has 3 rings (SSSR count). The lowest BCUT2D eigenvalue weighted by atomic mass is 9.82. The second-order valence-electron chi connectivity index (χ2n) is 6.45. The summed E-state index contributed by atoms with van der Waals surface area (Å²) in [7, 11) is 0. The number of allylic oxidation sites excluding steroid dienone is 1. The van der Waals surface area contributed by atoms with Gasteiger partial charge >= 0.3 is 6.16 Å². The Bertz CT molecular complexity index is 589. The number of nitrogens with one attached hydrogen (secondary N) is 1. The monoisotopic (exact) mass is 322 g/mol. The molecule has 0 unspecified atom stereocenters. The number of carbonyl (C=O) groups is 2. The van der Waals surface area contributed by atoms with E-state index < -0.39 is 18.2 Å². The topological polar surface area (TPSA) is 99.1 Å². The first kappa shape index (κ1) is 16.0. The largest absolute Gasteiger partial charge is 0.512 e. The number of aliphatic hydroxyl groups is 1. The predicted molar refractivity (Wildman–Crippen MR) is 81.3 cm³/mol. The number of rotatable bonds is 4. The molecule has 3 heterocycles. The number of nitrogens with zero attached hydrogens (tertiary/aromatic N) is 1. The van der Waals surface area contributed by atoms with E-state index in [0.717, 1.165) is 30.5 Å². The van der Waals surface area contributed by atoms with Crippen molar-refractivity contribution < 1.29 is 24.5 Å². The van der Waals surface area contributed by atoms with Crippen molar-refractivity contribution >= 4 is 12.1 Å². The Morgan fingerprint density at radius 2 is 2.26 bits per heavy atom. The molecule has 23 heavy (non-hydrogen) atoms. The van der Waals surface area contributed by atoms with Gasteiger partial charge in [-0.2, -0.15) is 0 Å². The smallest absolute Gasteiger partial charge is 0.449 e. The number of carbonyl (C=O) groups excluding carboxylic acids is 1. The molecule has 0 saturated carbocycles. The van der Waals surface area contributed by atoms with Gasteiger partial charge in [0.25, 0.3) is 0 Å². The molecule has 3 N–H and O–H groups in total. The van der Waals surface area contributed by atoms with Gasteiger partial charge in [0.2, 0.25) is 11.8 Å². The third-order valence-electron chi connectivity index (χ3n) is 4.89. The van der Waals surface area contributed by atoms with Gasteiger partial charge in [0, 0.05) is 11.6 Å². The summed E-state index contributed by atoms with van der Waals surface area (Å²) in [5, 5.41) is 22.1. The maximum absolute atomic E-state index is 12.2. The van der Waals surface area contributed by atoms with Gasteiger partial charge in [-0.05, 0) is 45.2 Å². The van der Waals surface area contributed by atoms with Gasteiger partial charge in [-0.3, -0.25) is 9.69 Å². The first-order valence-electron chi connectivity index (χ1n) is 7.97. The van der Waals surface area contributed by atoms with Gasteiger partial charge < -0.3 is 20.3 Å². The number of fused-ring (bicyclic) bond motifs is 1. The Hall–Kier alpha value is -1.86. The molecule has 0 aromatic rings. The zero-order chi connectivity index (χ0) is 16.7. The summed E-state index contributed by atoms with van der Waals surface area (Å²) in [4.78, 5) is 24.6. The standard InChI is InChI=1S/C16H22N2O5/c1-8(6-10-4-3-5-17-10)11-7-12-13(9(2)19)14(20)18(12)15(11)23-16(21)22/h6,9-10,12-13,17,19H,3-5,7H2,1-2H3,(H,21,22)/b8-6+/t9-,10+,12-,13-/m1/s1. The zero-order valence-corrected chi connectivity index (χ0v) is 13.3. The van der Waals surface area contributed by atoms with Crippen molar-refractivity contribution in [3.63, 3.8) is 0 Å². The molecule has 7 nitrogen and oxygen atoms in total. The number of ether oxygens (including phenoxy) is 1. The first-order valence-corrected chi connectivity index (χ1v) is 7.97. The summed E-state index contributed by atoms with van der Waals surface area (Å²) in [5.41, 5.74) is 1.66. The Morgan fingerprint density at radius 1 is 1.52 bits per heavy atom. The van der Waals surface area contributed by atoms with E-state index in [2.05, 4.69) is 11.4 Å². The number of aliphatic hydroxyl groups excluding tert-OH is 1. The average molecular weight is 322 g/mol. The van der Waals surface area contributed by atoms with Crippen LogP contribution in [0, 0.1) is 5.92 Å². The Morgan fingerprint density at radius 3 is 2.83 bits per heavy atom. The van der Waals surface area contributed by atoms with Gasteiger partial charge in [-0.25, -0.2) is 4.79 Å². The Labute approximate surface area is 134 Å². The molecule has 1 amide bonds. The fourth-order valence-corrected chi connectivity index (χ4v) is 3.78. The van der Waals surface area contributed by atoms with E-state index in [9.17, 15) is 14.7 Å². The molecule has 7 heteroatoms. The van der Waals surface area contributed by atoms with Crippen molar-refractivity contribution in [3.05, 3.63) is 23.1 Å². The fraction of sp³-hybridized carbons (Fsp3) is 0.625. The summed E-state index contributed by atoms with van der Waals surface area (Å²) >= 11 is 0. The second-order valence-corrected chi connectivity index (χ2v) is 6.45. The zero-order valence-electron chi connectivity index (χ0n) is 13.3. The predicted octanol–water partition coefficient (Wildman–Crippen LogP) is 1.20. The molecule has 0 aromatic carbocycles. The SMILES string of the molecule is C/C(=C\[C@@H]1CCCN1)C1=C(OC(=O)O)N2C(=O)[C@H]([C@@H](C)O)[C@H]2C1. The van der Waals surface area contributed by atoms with Crippen LogP contribution in [0.2, 0.25) is 0 Å². The van der Waals surface area contributed by atoms with E-state index in [1.807, 2.05) is 6.92 Å². The maximum atomic E-state index is 12.2. The summed E-state index contributed by atoms with van der Waals surface area (Å²) in [6.07, 6.45) is 2.55. The van der Waals surface area contributed by atoms with Crippen LogP contribution < -0.4 is 5.32 Å². The van der Waals surface area contributed by atoms with Gasteiger partial charge in [0.1, 0.15) is 0 Å². The van der Waals surface area contributed by atoms with Crippen LogP contribution in [-0.4, -0.2) is 51.9 Å². The van der Waals surface area contributed by atoms with Gasteiger partial charge in [-0.1, -0.05) is 6.08 Å². The summed E-state index contributed by atoms with van der Waals surface area (Å²) in [5.74, 6) is -0.656. The summed E-state index contributed by atoms with van der Waals surface area (Å²) in [6, 6.07) is 0.0526. The van der Waals surface area contributed by atoms with Crippen molar-refractivity contribution in [2.45, 2.75) is 51.3 Å². The van der Waals surface area contributed by atoms with Gasteiger partial charge in [0.05, 0.1) is 18.1 Å². The van der Waals surface area contributed by atoms with Crippen LogP contribution in [-0.2, 0) is 9.53 Å². The van der Waals surface area contributed by atoms with E-state index in [4.69, 9.17) is 9.84 Å². The van der Waals surface area contributed by atoms with E-state index in [1.54, 1.807) is 6.92 Å². The van der Waals surface area contributed by atoms with E-state index >= 15 is 0 Å². The number of amides is 1. The van der Waals surface area contributed by atoms with Crippen molar-refractivity contribution in [1.29, 1.82) is 0 Å². The molecule has 0 spiro atoms. The molecule has 4 atom stereocenters. The molecule has 0 aromatic heterocycles. The highest BCUT2D eigenvalue weighted by Gasteiger charge is 2.56. The molecule has 0 aliphatic carbocycles. The van der Waals surface area contributed by atoms with Crippen molar-refractivity contribution in [2.24, 2.45) is 5.92 Å². The number of β-lactam (4-membered cyclic amide) rings is 1. The van der Waals surface area contributed by atoms with Crippen LogP contribution in [0.4, 0.5) is 4.79 Å². The minimum Gasteiger partial charge on any atom is -0.449 e. The summed E-state index contributed by atoms with van der Waals surface area (Å²) in [6.45, 7) is 4.47. The van der Waals surface area contributed by atoms with Crippen LogP contribution in [0.5, 0.6) is 0 Å². The van der Waals surface area contributed by atoms with Gasteiger partial charge in [-0.15, -0.1) is 0 Å². The van der Waals surface area contributed by atoms with Crippen LogP contribution in [0.25, 0.3) is 0 Å². The molecule has 3 aliphatic heterocycles. The lowest BCUT2D eigenvalue weighted by molar-refractivity contribution is -0.160. The van der Waals surface area contributed by atoms with E-state index in [0.29, 0.717) is 6.42 Å². The Balaban J connectivity index is 1.88. The van der Waals surface area contributed by atoms with Crippen molar-refractivity contribution in [2.75, 3.05) is 6.54 Å². The molecular formula is C16H22N2O5. The number of carboxylic acid groups (broad SMARTS) is 1. The highest BCUT2D eigenvalue weighted by molar-refractivity contribution is 5.90. The average Bonchev–Trinajstić information content (AvgIpc) is 3.03. The number of hydrogen-bond acceptors (Lipinski definition) is 5. The van der Waals surface area contributed by atoms with Crippen molar-refractivity contribution in [1.82, 2.24) is 10.2 Å². The lowest BCUT2D eigenvalue weighted by Gasteiger charge is -2.44. The highest BCUT2D eigenvalue weighted by atomic mass is 16.7. The van der Waals surface area contributed by atoms with E-state index in [-0.39, 0.29) is 23.9 Å². The molecule has 2 saturated heterocycles.